The Morgan fingerprint density at radius 2 is 2.44 bits per heavy atom. The van der Waals surface area contributed by atoms with Gasteiger partial charge in [-0.1, -0.05) is 0 Å². The van der Waals surface area contributed by atoms with Crippen LogP contribution in [0.15, 0.2) is 10.6 Å². The van der Waals surface area contributed by atoms with Crippen LogP contribution in [-0.2, 0) is 4.79 Å². The molecular formula is C12H18N2O4. The maximum atomic E-state index is 11.5. The number of aliphatic hydroxyl groups excluding tert-OH is 1. The van der Waals surface area contributed by atoms with Gasteiger partial charge < -0.3 is 19.7 Å². The first kappa shape index (κ1) is 12.9. The number of nitrogens with one attached hydrogen (secondary N) is 1. The van der Waals surface area contributed by atoms with Gasteiger partial charge in [0.1, 0.15) is 5.76 Å². The lowest BCUT2D eigenvalue weighted by atomic mass is 10.0. The Kier molecular flexibility index (Phi) is 3.86. The van der Waals surface area contributed by atoms with Crippen molar-refractivity contribution in [3.8, 4) is 5.88 Å². The average Bonchev–Trinajstić information content (AvgIpc) is 2.99. The summed E-state index contributed by atoms with van der Waals surface area (Å²) in [5.41, 5.74) is 0.120. The fraction of sp³-hybridized carbons (Fsp3) is 0.667. The van der Waals surface area contributed by atoms with Crippen LogP contribution in [0.5, 0.6) is 5.88 Å². The summed E-state index contributed by atoms with van der Waals surface area (Å²) in [4.78, 5) is 11.5. The zero-order valence-electron chi connectivity index (χ0n) is 10.4. The maximum Gasteiger partial charge on any atom is 0.258 e. The molecule has 0 radical (unpaired) electrons. The van der Waals surface area contributed by atoms with Crippen molar-refractivity contribution in [3.05, 3.63) is 11.8 Å². The molecule has 2 N–H and O–H groups in total. The van der Waals surface area contributed by atoms with Gasteiger partial charge in [0.2, 0.25) is 0 Å². The number of hydrogen-bond acceptors (Lipinski definition) is 5. The smallest absolute Gasteiger partial charge is 0.258 e. The average molecular weight is 254 g/mol. The molecule has 1 saturated carbocycles. The van der Waals surface area contributed by atoms with Gasteiger partial charge in [-0.15, -0.1) is 0 Å². The van der Waals surface area contributed by atoms with Gasteiger partial charge in [-0.05, 0) is 36.8 Å². The molecule has 1 aromatic heterocycles. The van der Waals surface area contributed by atoms with Crippen molar-refractivity contribution in [2.24, 2.45) is 5.41 Å². The summed E-state index contributed by atoms with van der Waals surface area (Å²) in [6, 6.07) is 1.63. The fourth-order valence-electron chi connectivity index (χ4n) is 1.82. The molecule has 0 bridgehead atoms. The van der Waals surface area contributed by atoms with Crippen LogP contribution in [0.4, 0.5) is 0 Å². The Hall–Kier alpha value is -1.56. The van der Waals surface area contributed by atoms with Crippen LogP contribution in [-0.4, -0.2) is 35.9 Å². The summed E-state index contributed by atoms with van der Waals surface area (Å²) in [5.74, 6) is 0.782. The molecule has 6 heteroatoms. The topological polar surface area (TPSA) is 84.6 Å². The predicted octanol–water partition coefficient (Wildman–Crippen LogP) is 0.641. The number of nitrogens with zero attached hydrogens (tertiary/aromatic N) is 1. The van der Waals surface area contributed by atoms with Crippen molar-refractivity contribution in [1.82, 2.24) is 10.5 Å². The molecule has 1 aliphatic rings. The molecule has 100 valence electrons. The van der Waals surface area contributed by atoms with Crippen LogP contribution in [0.2, 0.25) is 0 Å². The zero-order chi connectivity index (χ0) is 13.0. The summed E-state index contributed by atoms with van der Waals surface area (Å²) in [6.45, 7) is 2.46. The number of hydrogen-bond donors (Lipinski definition) is 2. The van der Waals surface area contributed by atoms with Crippen LogP contribution in [0.1, 0.15) is 25.0 Å². The molecule has 1 amide bonds. The minimum Gasteiger partial charge on any atom is -0.465 e. The lowest BCUT2D eigenvalue weighted by molar-refractivity contribution is -0.123. The summed E-state index contributed by atoms with van der Waals surface area (Å²) in [6.07, 6.45) is 2.88. The largest absolute Gasteiger partial charge is 0.465 e. The van der Waals surface area contributed by atoms with Crippen molar-refractivity contribution < 1.29 is 19.2 Å². The third kappa shape index (κ3) is 3.46. The fourth-order valence-corrected chi connectivity index (χ4v) is 1.82. The molecule has 1 aliphatic carbocycles. The number of rotatable bonds is 7. The normalized spacial score (nSPS) is 16.3. The van der Waals surface area contributed by atoms with E-state index in [2.05, 4.69) is 10.5 Å². The van der Waals surface area contributed by atoms with E-state index in [1.54, 1.807) is 13.0 Å². The van der Waals surface area contributed by atoms with E-state index in [1.807, 2.05) is 0 Å². The van der Waals surface area contributed by atoms with Gasteiger partial charge >= 0.3 is 0 Å². The number of aliphatic hydroxyl groups is 1. The molecule has 0 atom stereocenters. The van der Waals surface area contributed by atoms with Gasteiger partial charge in [-0.3, -0.25) is 4.79 Å². The van der Waals surface area contributed by atoms with Gasteiger partial charge in [0.15, 0.2) is 6.61 Å². The molecule has 1 heterocycles. The second-order valence-corrected chi connectivity index (χ2v) is 4.81. The second-order valence-electron chi connectivity index (χ2n) is 4.81. The van der Waals surface area contributed by atoms with E-state index < -0.39 is 0 Å². The molecule has 18 heavy (non-hydrogen) atoms. The van der Waals surface area contributed by atoms with Crippen LogP contribution in [0.25, 0.3) is 0 Å². The van der Waals surface area contributed by atoms with Crippen LogP contribution in [0, 0.1) is 12.3 Å². The molecular weight excluding hydrogens is 236 g/mol. The number of aromatic nitrogens is 1. The summed E-state index contributed by atoms with van der Waals surface area (Å²) >= 11 is 0. The van der Waals surface area contributed by atoms with Crippen LogP contribution < -0.4 is 10.1 Å². The van der Waals surface area contributed by atoms with E-state index in [9.17, 15) is 4.79 Å². The monoisotopic (exact) mass is 254 g/mol. The predicted molar refractivity (Wildman–Crippen MR) is 63.1 cm³/mol. The summed E-state index contributed by atoms with van der Waals surface area (Å²) < 4.78 is 9.99. The highest BCUT2D eigenvalue weighted by atomic mass is 16.5. The number of ether oxygens (including phenoxy) is 1. The first-order chi connectivity index (χ1) is 8.63. The van der Waals surface area contributed by atoms with Gasteiger partial charge in [0.05, 0.1) is 0 Å². The molecule has 0 aliphatic heterocycles. The minimum atomic E-state index is -0.181. The van der Waals surface area contributed by atoms with Crippen molar-refractivity contribution in [3.63, 3.8) is 0 Å². The lowest BCUT2D eigenvalue weighted by Crippen LogP contribution is -2.34. The van der Waals surface area contributed by atoms with Crippen molar-refractivity contribution in [1.29, 1.82) is 0 Å². The molecule has 0 aromatic carbocycles. The number of carbonyl (C=O) groups excluding carboxylic acids is 1. The van der Waals surface area contributed by atoms with E-state index in [0.29, 0.717) is 18.2 Å². The van der Waals surface area contributed by atoms with Gasteiger partial charge in [-0.25, -0.2) is 0 Å². The highest BCUT2D eigenvalue weighted by Gasteiger charge is 2.41. The Balaban J connectivity index is 1.66. The van der Waals surface area contributed by atoms with Gasteiger partial charge in [0.25, 0.3) is 11.8 Å². The molecule has 1 aromatic rings. The highest BCUT2D eigenvalue weighted by molar-refractivity contribution is 5.77. The van der Waals surface area contributed by atoms with Gasteiger partial charge in [-0.2, -0.15) is 0 Å². The minimum absolute atomic E-state index is 0.0683. The first-order valence-corrected chi connectivity index (χ1v) is 6.07. The van der Waals surface area contributed by atoms with Crippen LogP contribution >= 0.6 is 0 Å². The quantitative estimate of drug-likeness (QED) is 0.746. The van der Waals surface area contributed by atoms with E-state index >= 15 is 0 Å². The van der Waals surface area contributed by atoms with E-state index in [0.717, 1.165) is 19.3 Å². The van der Waals surface area contributed by atoms with E-state index in [-0.39, 0.29) is 24.5 Å². The maximum absolute atomic E-state index is 11.5. The number of amides is 1. The molecule has 0 saturated heterocycles. The third-order valence-corrected chi connectivity index (χ3v) is 3.22. The number of carbonyl (C=O) groups is 1. The van der Waals surface area contributed by atoms with Crippen molar-refractivity contribution in [2.75, 3.05) is 19.8 Å². The van der Waals surface area contributed by atoms with Crippen molar-refractivity contribution >= 4 is 5.91 Å². The Morgan fingerprint density at radius 3 is 3.00 bits per heavy atom. The van der Waals surface area contributed by atoms with E-state index in [1.165, 1.54) is 0 Å². The van der Waals surface area contributed by atoms with Crippen LogP contribution in [0.3, 0.4) is 0 Å². The summed E-state index contributed by atoms with van der Waals surface area (Å²) in [7, 11) is 0. The Morgan fingerprint density at radius 1 is 1.67 bits per heavy atom. The first-order valence-electron chi connectivity index (χ1n) is 6.07. The molecule has 0 unspecified atom stereocenters. The molecule has 0 spiro atoms. The highest BCUT2D eigenvalue weighted by Crippen LogP contribution is 2.47. The lowest BCUT2D eigenvalue weighted by Gasteiger charge is -2.14. The molecule has 2 rings (SSSR count). The van der Waals surface area contributed by atoms with E-state index in [4.69, 9.17) is 14.4 Å². The van der Waals surface area contributed by atoms with Gasteiger partial charge in [0, 0.05) is 19.2 Å². The zero-order valence-corrected chi connectivity index (χ0v) is 10.4. The molecule has 6 nitrogen and oxygen atoms in total. The second kappa shape index (κ2) is 5.39. The Labute approximate surface area is 105 Å². The summed E-state index contributed by atoms with van der Waals surface area (Å²) in [5, 5.41) is 15.3. The third-order valence-electron chi connectivity index (χ3n) is 3.22. The SMILES string of the molecule is Cc1cc(OCC(=O)NCC2(CCO)CC2)no1. The number of aryl methyl sites for hydroxylation is 1. The van der Waals surface area contributed by atoms with Crippen molar-refractivity contribution in [2.45, 2.75) is 26.2 Å². The molecule has 1 fully saturated rings. The Bertz CT molecular complexity index is 412. The standard InChI is InChI=1S/C12H18N2O4/c1-9-6-11(14-18-9)17-7-10(16)13-8-12(2-3-12)4-5-15/h6,15H,2-5,7-8H2,1H3,(H,13,16).